The van der Waals surface area contributed by atoms with Gasteiger partial charge in [-0.2, -0.15) is 0 Å². The lowest BCUT2D eigenvalue weighted by atomic mass is 10.2. The predicted molar refractivity (Wildman–Crippen MR) is 48.2 cm³/mol. The molecular weight excluding hydrogens is 170 g/mol. The van der Waals surface area contributed by atoms with E-state index in [2.05, 4.69) is 4.98 Å². The molecule has 0 amide bonds. The Morgan fingerprint density at radius 1 is 1.31 bits per heavy atom. The number of methoxy groups -OCH3 is 1. The normalized spacial score (nSPS) is 10.5. The number of rotatable bonds is 1. The van der Waals surface area contributed by atoms with Gasteiger partial charge in [0.05, 0.1) is 12.6 Å². The number of H-pyrrole nitrogens is 1. The second-order valence-corrected chi connectivity index (χ2v) is 2.71. The number of aromatic nitrogens is 1. The van der Waals surface area contributed by atoms with Gasteiger partial charge in [-0.3, -0.25) is 0 Å². The molecule has 4 nitrogen and oxygen atoms in total. The van der Waals surface area contributed by atoms with Crippen molar-refractivity contribution in [3.05, 3.63) is 18.2 Å². The van der Waals surface area contributed by atoms with Crippen LogP contribution in [0.15, 0.2) is 18.2 Å². The molecule has 0 saturated heterocycles. The summed E-state index contributed by atoms with van der Waals surface area (Å²) in [6.07, 6.45) is 0. The zero-order valence-electron chi connectivity index (χ0n) is 7.03. The predicted octanol–water partition coefficient (Wildman–Crippen LogP) is 1.59. The number of fused-ring (bicyclic) bond motifs is 1. The van der Waals surface area contributed by atoms with E-state index in [-0.39, 0.29) is 11.6 Å². The van der Waals surface area contributed by atoms with Crippen molar-refractivity contribution in [3.8, 4) is 17.4 Å². The van der Waals surface area contributed by atoms with E-state index >= 15 is 0 Å². The van der Waals surface area contributed by atoms with Gasteiger partial charge in [-0.05, 0) is 12.1 Å². The zero-order valence-corrected chi connectivity index (χ0v) is 7.03. The SMILES string of the molecule is COc1cccc2c(O)c(O)[nH]c12. The highest BCUT2D eigenvalue weighted by molar-refractivity contribution is 5.92. The first kappa shape index (κ1) is 7.79. The highest BCUT2D eigenvalue weighted by Crippen LogP contribution is 2.37. The van der Waals surface area contributed by atoms with E-state index in [0.29, 0.717) is 16.7 Å². The molecule has 1 aromatic heterocycles. The fourth-order valence-corrected chi connectivity index (χ4v) is 1.33. The molecular formula is C9H9NO3. The number of nitrogens with one attached hydrogen (secondary N) is 1. The van der Waals surface area contributed by atoms with Gasteiger partial charge in [0.1, 0.15) is 5.75 Å². The molecule has 0 spiro atoms. The minimum Gasteiger partial charge on any atom is -0.503 e. The second-order valence-electron chi connectivity index (χ2n) is 2.71. The number of para-hydroxylation sites is 1. The van der Waals surface area contributed by atoms with E-state index < -0.39 is 0 Å². The van der Waals surface area contributed by atoms with Crippen LogP contribution in [0.2, 0.25) is 0 Å². The number of aromatic hydroxyl groups is 2. The smallest absolute Gasteiger partial charge is 0.233 e. The highest BCUT2D eigenvalue weighted by Gasteiger charge is 2.11. The van der Waals surface area contributed by atoms with Crippen molar-refractivity contribution < 1.29 is 14.9 Å². The van der Waals surface area contributed by atoms with Crippen LogP contribution < -0.4 is 4.74 Å². The molecule has 68 valence electrons. The summed E-state index contributed by atoms with van der Waals surface area (Å²) in [5, 5.41) is 19.1. The maximum atomic E-state index is 9.38. The highest BCUT2D eigenvalue weighted by atomic mass is 16.5. The maximum Gasteiger partial charge on any atom is 0.233 e. The summed E-state index contributed by atoms with van der Waals surface area (Å²) in [5.41, 5.74) is 0.597. The van der Waals surface area contributed by atoms with Gasteiger partial charge in [0.2, 0.25) is 5.88 Å². The van der Waals surface area contributed by atoms with Gasteiger partial charge in [-0.25, -0.2) is 0 Å². The Labute approximate surface area is 74.4 Å². The van der Waals surface area contributed by atoms with Crippen molar-refractivity contribution in [1.82, 2.24) is 4.98 Å². The van der Waals surface area contributed by atoms with Gasteiger partial charge in [-0.15, -0.1) is 0 Å². The van der Waals surface area contributed by atoms with E-state index in [9.17, 15) is 10.2 Å². The first-order valence-electron chi connectivity index (χ1n) is 3.80. The summed E-state index contributed by atoms with van der Waals surface area (Å²) >= 11 is 0. The third kappa shape index (κ3) is 0.989. The van der Waals surface area contributed by atoms with Crippen molar-refractivity contribution in [2.45, 2.75) is 0 Å². The Hall–Kier alpha value is -1.84. The van der Waals surface area contributed by atoms with E-state index in [1.54, 1.807) is 18.2 Å². The molecule has 0 bridgehead atoms. The third-order valence-corrected chi connectivity index (χ3v) is 1.97. The van der Waals surface area contributed by atoms with Gasteiger partial charge in [-0.1, -0.05) is 6.07 Å². The average molecular weight is 179 g/mol. The molecule has 0 atom stereocenters. The van der Waals surface area contributed by atoms with E-state index in [4.69, 9.17) is 4.74 Å². The summed E-state index contributed by atoms with van der Waals surface area (Å²) < 4.78 is 5.04. The summed E-state index contributed by atoms with van der Waals surface area (Å²) in [6.45, 7) is 0. The van der Waals surface area contributed by atoms with Crippen LogP contribution in [0.4, 0.5) is 0 Å². The zero-order chi connectivity index (χ0) is 9.42. The molecule has 4 heteroatoms. The minimum atomic E-state index is -0.237. The van der Waals surface area contributed by atoms with Crippen LogP contribution in [0.25, 0.3) is 10.9 Å². The Bertz CT molecular complexity index is 447. The molecule has 2 rings (SSSR count). The van der Waals surface area contributed by atoms with Crippen molar-refractivity contribution in [3.63, 3.8) is 0 Å². The lowest BCUT2D eigenvalue weighted by molar-refractivity contribution is 0.397. The van der Waals surface area contributed by atoms with Gasteiger partial charge in [0, 0.05) is 5.39 Å². The molecule has 3 N–H and O–H groups in total. The van der Waals surface area contributed by atoms with Crippen molar-refractivity contribution in [2.75, 3.05) is 7.11 Å². The number of benzene rings is 1. The molecule has 0 saturated carbocycles. The molecule has 0 aliphatic rings. The fraction of sp³-hybridized carbons (Fsp3) is 0.111. The Kier molecular flexibility index (Phi) is 1.55. The fourth-order valence-electron chi connectivity index (χ4n) is 1.33. The van der Waals surface area contributed by atoms with Crippen molar-refractivity contribution in [1.29, 1.82) is 0 Å². The van der Waals surface area contributed by atoms with Crippen LogP contribution in [0.5, 0.6) is 17.4 Å². The summed E-state index contributed by atoms with van der Waals surface area (Å²) in [5.74, 6) is 0.210. The van der Waals surface area contributed by atoms with Crippen LogP contribution in [0.3, 0.4) is 0 Å². The first-order chi connectivity index (χ1) is 6.24. The number of hydrogen-bond donors (Lipinski definition) is 3. The standard InChI is InChI=1S/C9H9NO3/c1-13-6-4-2-3-5-7(6)10-9(12)8(5)11/h2-4,10-12H,1H3. The van der Waals surface area contributed by atoms with Crippen LogP contribution in [-0.4, -0.2) is 22.3 Å². The van der Waals surface area contributed by atoms with Crippen LogP contribution in [0.1, 0.15) is 0 Å². The molecule has 0 radical (unpaired) electrons. The Morgan fingerprint density at radius 2 is 2.08 bits per heavy atom. The topological polar surface area (TPSA) is 65.5 Å². The molecule has 13 heavy (non-hydrogen) atoms. The number of ether oxygens (including phenoxy) is 1. The average Bonchev–Trinajstić information content (AvgIpc) is 2.43. The molecule has 0 fully saturated rings. The molecule has 1 aromatic carbocycles. The Morgan fingerprint density at radius 3 is 2.77 bits per heavy atom. The van der Waals surface area contributed by atoms with Gasteiger partial charge >= 0.3 is 0 Å². The Balaban J connectivity index is 2.84. The molecule has 0 unspecified atom stereocenters. The lowest BCUT2D eigenvalue weighted by Gasteiger charge is -1.99. The first-order valence-corrected chi connectivity index (χ1v) is 3.80. The lowest BCUT2D eigenvalue weighted by Crippen LogP contribution is -1.82. The number of hydrogen-bond acceptors (Lipinski definition) is 3. The van der Waals surface area contributed by atoms with Crippen LogP contribution >= 0.6 is 0 Å². The van der Waals surface area contributed by atoms with Crippen LogP contribution in [-0.2, 0) is 0 Å². The van der Waals surface area contributed by atoms with E-state index in [1.165, 1.54) is 7.11 Å². The summed E-state index contributed by atoms with van der Waals surface area (Å²) in [7, 11) is 1.53. The monoisotopic (exact) mass is 179 g/mol. The van der Waals surface area contributed by atoms with Gasteiger partial charge < -0.3 is 19.9 Å². The quantitative estimate of drug-likeness (QED) is 0.622. The second kappa shape index (κ2) is 2.58. The molecule has 2 aromatic rings. The maximum absolute atomic E-state index is 9.38. The van der Waals surface area contributed by atoms with E-state index in [0.717, 1.165) is 0 Å². The number of aromatic amines is 1. The molecule has 1 heterocycles. The summed E-state index contributed by atoms with van der Waals surface area (Å²) in [6, 6.07) is 5.19. The molecule has 0 aliphatic carbocycles. The third-order valence-electron chi connectivity index (χ3n) is 1.97. The van der Waals surface area contributed by atoms with Gasteiger partial charge in [0.15, 0.2) is 5.75 Å². The minimum absolute atomic E-state index is 0.145. The van der Waals surface area contributed by atoms with Gasteiger partial charge in [0.25, 0.3) is 0 Å². The van der Waals surface area contributed by atoms with Crippen LogP contribution in [0, 0.1) is 0 Å². The molecule has 0 aliphatic heterocycles. The van der Waals surface area contributed by atoms with Crippen molar-refractivity contribution in [2.24, 2.45) is 0 Å². The summed E-state index contributed by atoms with van der Waals surface area (Å²) in [4.78, 5) is 2.63. The van der Waals surface area contributed by atoms with Crippen molar-refractivity contribution >= 4 is 10.9 Å². The largest absolute Gasteiger partial charge is 0.503 e. The van der Waals surface area contributed by atoms with E-state index in [1.807, 2.05) is 0 Å².